The van der Waals surface area contributed by atoms with E-state index in [4.69, 9.17) is 14.2 Å². The third-order valence-corrected chi connectivity index (χ3v) is 4.22. The predicted molar refractivity (Wildman–Crippen MR) is 99.8 cm³/mol. The Morgan fingerprint density at radius 2 is 1.72 bits per heavy atom. The number of hydrogen-bond donors (Lipinski definition) is 1. The topological polar surface area (TPSA) is 52.6 Å². The molecule has 2 rings (SSSR count). The molecule has 2 aromatic rings. The van der Waals surface area contributed by atoms with Crippen molar-refractivity contribution >= 4 is 0 Å². The summed E-state index contributed by atoms with van der Waals surface area (Å²) in [5.74, 6) is 2.10. The van der Waals surface area contributed by atoms with Gasteiger partial charge in [-0.2, -0.15) is 0 Å². The van der Waals surface area contributed by atoms with Crippen molar-refractivity contribution in [2.45, 2.75) is 32.2 Å². The van der Waals surface area contributed by atoms with Gasteiger partial charge >= 0.3 is 0 Å². The molecule has 0 aliphatic rings. The number of aryl methyl sites for hydroxylation is 1. The molecule has 5 nitrogen and oxygen atoms in total. The number of benzene rings is 1. The van der Waals surface area contributed by atoms with E-state index in [2.05, 4.69) is 29.4 Å². The summed E-state index contributed by atoms with van der Waals surface area (Å²) in [6, 6.07) is 10.7. The molecule has 0 amide bonds. The van der Waals surface area contributed by atoms with E-state index in [1.54, 1.807) is 21.3 Å². The molecule has 0 saturated carbocycles. The highest BCUT2D eigenvalue weighted by atomic mass is 16.5. The van der Waals surface area contributed by atoms with Crippen LogP contribution in [0.5, 0.6) is 17.4 Å². The van der Waals surface area contributed by atoms with Crippen LogP contribution in [-0.4, -0.2) is 38.9 Å². The molecule has 0 spiro atoms. The summed E-state index contributed by atoms with van der Waals surface area (Å²) in [5, 5.41) is 3.57. The zero-order valence-electron chi connectivity index (χ0n) is 15.5. The SMILES string of the molecule is COc1ccc(CCC(C)NCCc2cnc(OC)c(OC)c2)cc1. The van der Waals surface area contributed by atoms with Crippen molar-refractivity contribution in [2.75, 3.05) is 27.9 Å². The van der Waals surface area contributed by atoms with Crippen molar-refractivity contribution in [1.82, 2.24) is 10.3 Å². The van der Waals surface area contributed by atoms with Gasteiger partial charge in [-0.3, -0.25) is 0 Å². The minimum atomic E-state index is 0.454. The lowest BCUT2D eigenvalue weighted by molar-refractivity contribution is 0.342. The third kappa shape index (κ3) is 5.94. The van der Waals surface area contributed by atoms with E-state index >= 15 is 0 Å². The van der Waals surface area contributed by atoms with E-state index in [0.717, 1.165) is 37.1 Å². The predicted octanol–water partition coefficient (Wildman–Crippen LogP) is 3.26. The van der Waals surface area contributed by atoms with Crippen molar-refractivity contribution in [3.05, 3.63) is 47.7 Å². The first-order chi connectivity index (χ1) is 12.2. The fourth-order valence-electron chi connectivity index (χ4n) is 2.65. The van der Waals surface area contributed by atoms with Gasteiger partial charge in [-0.1, -0.05) is 12.1 Å². The lowest BCUT2D eigenvalue weighted by Gasteiger charge is -2.14. The molecule has 1 aromatic carbocycles. The largest absolute Gasteiger partial charge is 0.497 e. The van der Waals surface area contributed by atoms with E-state index in [-0.39, 0.29) is 0 Å². The second kappa shape index (κ2) is 9.89. The van der Waals surface area contributed by atoms with Gasteiger partial charge < -0.3 is 19.5 Å². The first-order valence-corrected chi connectivity index (χ1v) is 8.59. The van der Waals surface area contributed by atoms with E-state index in [1.165, 1.54) is 5.56 Å². The standard InChI is InChI=1S/C20H28N2O3/c1-15(5-6-16-7-9-18(23-2)10-8-16)21-12-11-17-13-19(24-3)20(25-4)22-14-17/h7-10,13-15,21H,5-6,11-12H2,1-4H3. The Hall–Kier alpha value is -2.27. The van der Waals surface area contributed by atoms with Crippen LogP contribution in [0, 0.1) is 0 Å². The average molecular weight is 344 g/mol. The summed E-state index contributed by atoms with van der Waals surface area (Å²) in [6.07, 6.45) is 4.89. The normalized spacial score (nSPS) is 11.8. The number of hydrogen-bond acceptors (Lipinski definition) is 5. The van der Waals surface area contributed by atoms with Crippen LogP contribution in [0.3, 0.4) is 0 Å². The maximum atomic E-state index is 5.29. The van der Waals surface area contributed by atoms with Gasteiger partial charge in [0.25, 0.3) is 5.88 Å². The van der Waals surface area contributed by atoms with Gasteiger partial charge in [-0.05, 0) is 62.1 Å². The molecule has 1 aromatic heterocycles. The van der Waals surface area contributed by atoms with Gasteiger partial charge in [0.05, 0.1) is 21.3 Å². The number of rotatable bonds is 10. The fraction of sp³-hybridized carbons (Fsp3) is 0.450. The number of nitrogens with one attached hydrogen (secondary N) is 1. The highest BCUT2D eigenvalue weighted by Crippen LogP contribution is 2.24. The highest BCUT2D eigenvalue weighted by Gasteiger charge is 2.07. The highest BCUT2D eigenvalue weighted by molar-refractivity contribution is 5.36. The Labute approximate surface area is 150 Å². The molecule has 25 heavy (non-hydrogen) atoms. The van der Waals surface area contributed by atoms with Gasteiger partial charge in [-0.25, -0.2) is 4.98 Å². The second-order valence-electron chi connectivity index (χ2n) is 6.05. The van der Waals surface area contributed by atoms with Crippen LogP contribution in [-0.2, 0) is 12.8 Å². The smallest absolute Gasteiger partial charge is 0.256 e. The van der Waals surface area contributed by atoms with Crippen LogP contribution in [0.2, 0.25) is 0 Å². The van der Waals surface area contributed by atoms with Gasteiger partial charge in [-0.15, -0.1) is 0 Å². The third-order valence-electron chi connectivity index (χ3n) is 4.22. The Kier molecular flexibility index (Phi) is 7.54. The Bertz CT molecular complexity index is 644. The van der Waals surface area contributed by atoms with E-state index in [9.17, 15) is 0 Å². The van der Waals surface area contributed by atoms with Crippen molar-refractivity contribution in [3.63, 3.8) is 0 Å². The van der Waals surface area contributed by atoms with Crippen LogP contribution in [0.4, 0.5) is 0 Å². The fourth-order valence-corrected chi connectivity index (χ4v) is 2.65. The van der Waals surface area contributed by atoms with Crippen LogP contribution < -0.4 is 19.5 Å². The van der Waals surface area contributed by atoms with Crippen LogP contribution in [0.1, 0.15) is 24.5 Å². The second-order valence-corrected chi connectivity index (χ2v) is 6.05. The first kappa shape index (κ1) is 19.1. The number of aromatic nitrogens is 1. The van der Waals surface area contributed by atoms with Crippen molar-refractivity contribution in [2.24, 2.45) is 0 Å². The van der Waals surface area contributed by atoms with Gasteiger partial charge in [0.1, 0.15) is 5.75 Å². The molecular weight excluding hydrogens is 316 g/mol. The Morgan fingerprint density at radius 3 is 2.36 bits per heavy atom. The van der Waals surface area contributed by atoms with Gasteiger partial charge in [0, 0.05) is 12.2 Å². The number of pyridine rings is 1. The lowest BCUT2D eigenvalue weighted by Crippen LogP contribution is -2.28. The molecule has 1 atom stereocenters. The van der Waals surface area contributed by atoms with Crippen LogP contribution >= 0.6 is 0 Å². The first-order valence-electron chi connectivity index (χ1n) is 8.59. The summed E-state index contributed by atoms with van der Waals surface area (Å²) in [7, 11) is 4.91. The molecule has 0 aliphatic heterocycles. The number of nitrogens with zero attached hydrogens (tertiary/aromatic N) is 1. The summed E-state index contributed by atoms with van der Waals surface area (Å²) in [6.45, 7) is 3.12. The minimum absolute atomic E-state index is 0.454. The molecular formula is C20H28N2O3. The van der Waals surface area contributed by atoms with Crippen molar-refractivity contribution < 1.29 is 14.2 Å². The maximum Gasteiger partial charge on any atom is 0.256 e. The minimum Gasteiger partial charge on any atom is -0.497 e. The number of ether oxygens (including phenoxy) is 3. The Balaban J connectivity index is 1.73. The molecule has 136 valence electrons. The molecule has 0 radical (unpaired) electrons. The van der Waals surface area contributed by atoms with E-state index < -0.39 is 0 Å². The quantitative estimate of drug-likeness (QED) is 0.717. The van der Waals surface area contributed by atoms with Gasteiger partial charge in [0.2, 0.25) is 0 Å². The summed E-state index contributed by atoms with van der Waals surface area (Å²) in [4.78, 5) is 4.27. The summed E-state index contributed by atoms with van der Waals surface area (Å²) in [5.41, 5.74) is 2.46. The van der Waals surface area contributed by atoms with Crippen LogP contribution in [0.15, 0.2) is 36.5 Å². The zero-order chi connectivity index (χ0) is 18.1. The molecule has 0 bridgehead atoms. The van der Waals surface area contributed by atoms with E-state index in [0.29, 0.717) is 17.7 Å². The zero-order valence-corrected chi connectivity index (χ0v) is 15.5. The summed E-state index contributed by atoms with van der Waals surface area (Å²) < 4.78 is 15.6. The lowest BCUT2D eigenvalue weighted by atomic mass is 10.1. The van der Waals surface area contributed by atoms with E-state index in [1.807, 2.05) is 24.4 Å². The Morgan fingerprint density at radius 1 is 0.960 bits per heavy atom. The average Bonchev–Trinajstić information content (AvgIpc) is 2.66. The number of methoxy groups -OCH3 is 3. The molecule has 1 N–H and O–H groups in total. The molecule has 0 aliphatic carbocycles. The molecule has 5 heteroatoms. The van der Waals surface area contributed by atoms with Gasteiger partial charge in [0.15, 0.2) is 5.75 Å². The summed E-state index contributed by atoms with van der Waals surface area (Å²) >= 11 is 0. The maximum absolute atomic E-state index is 5.29. The molecule has 0 saturated heterocycles. The molecule has 1 unspecified atom stereocenters. The van der Waals surface area contributed by atoms with Crippen LogP contribution in [0.25, 0.3) is 0 Å². The monoisotopic (exact) mass is 344 g/mol. The molecule has 1 heterocycles. The van der Waals surface area contributed by atoms with Crippen molar-refractivity contribution in [3.8, 4) is 17.4 Å². The van der Waals surface area contributed by atoms with Crippen molar-refractivity contribution in [1.29, 1.82) is 0 Å². The molecule has 0 fully saturated rings.